The van der Waals surface area contributed by atoms with Crippen molar-refractivity contribution < 1.29 is 9.84 Å². The summed E-state index contributed by atoms with van der Waals surface area (Å²) in [4.78, 5) is 0. The number of nitrogens with zero attached hydrogens (tertiary/aromatic N) is 1. The molecule has 0 aromatic rings. The van der Waals surface area contributed by atoms with Crippen molar-refractivity contribution >= 4 is 11.9 Å². The first kappa shape index (κ1) is 8.33. The van der Waals surface area contributed by atoms with E-state index in [4.69, 9.17) is 9.84 Å². The molecule has 4 heteroatoms. The minimum Gasteiger partial charge on any atom is -0.396 e. The van der Waals surface area contributed by atoms with Crippen LogP contribution in [0.5, 0.6) is 0 Å². The highest BCUT2D eigenvalue weighted by molar-refractivity contribution is 7.96. The molecule has 1 aliphatic rings. The van der Waals surface area contributed by atoms with Crippen molar-refractivity contribution in [1.29, 1.82) is 0 Å². The van der Waals surface area contributed by atoms with Crippen molar-refractivity contribution in [2.45, 2.75) is 6.42 Å². The van der Waals surface area contributed by atoms with Gasteiger partial charge in [0.25, 0.3) is 0 Å². The second-order valence-electron chi connectivity index (χ2n) is 2.16. The third-order valence-electron chi connectivity index (χ3n) is 1.37. The molecule has 1 saturated heterocycles. The summed E-state index contributed by atoms with van der Waals surface area (Å²) in [5.41, 5.74) is 0. The van der Waals surface area contributed by atoms with Gasteiger partial charge in [0.05, 0.1) is 6.61 Å². The Morgan fingerprint density at radius 1 is 1.60 bits per heavy atom. The number of hydrogen-bond donors (Lipinski definition) is 1. The van der Waals surface area contributed by atoms with Crippen LogP contribution in [-0.4, -0.2) is 41.7 Å². The number of hydrogen-bond acceptors (Lipinski definition) is 4. The molecule has 3 nitrogen and oxygen atoms in total. The van der Waals surface area contributed by atoms with Crippen LogP contribution in [0, 0.1) is 0 Å². The summed E-state index contributed by atoms with van der Waals surface area (Å²) in [6, 6.07) is 0. The van der Waals surface area contributed by atoms with E-state index in [1.165, 1.54) is 0 Å². The normalized spacial score (nSPS) is 21.3. The summed E-state index contributed by atoms with van der Waals surface area (Å²) in [6.07, 6.45) is 0.868. The molecule has 0 atom stereocenters. The first-order valence-corrected chi connectivity index (χ1v) is 4.44. The predicted molar refractivity (Wildman–Crippen MR) is 41.7 cm³/mol. The van der Waals surface area contributed by atoms with Crippen LogP contribution >= 0.6 is 11.9 Å². The van der Waals surface area contributed by atoms with Crippen molar-refractivity contribution in [2.24, 2.45) is 0 Å². The largest absolute Gasteiger partial charge is 0.396 e. The number of rotatable bonds is 3. The van der Waals surface area contributed by atoms with Crippen molar-refractivity contribution in [3.63, 3.8) is 0 Å². The van der Waals surface area contributed by atoms with Crippen LogP contribution in [0.4, 0.5) is 0 Å². The summed E-state index contributed by atoms with van der Waals surface area (Å²) in [5.74, 6) is 0.769. The van der Waals surface area contributed by atoms with E-state index in [2.05, 4.69) is 4.31 Å². The van der Waals surface area contributed by atoms with Gasteiger partial charge in [0.1, 0.15) is 5.94 Å². The Kier molecular flexibility index (Phi) is 4.13. The second-order valence-corrected chi connectivity index (χ2v) is 3.17. The Labute approximate surface area is 65.5 Å². The molecule has 0 aromatic carbocycles. The average Bonchev–Trinajstić information content (AvgIpc) is 2.03. The molecule has 0 saturated carbocycles. The van der Waals surface area contributed by atoms with Crippen molar-refractivity contribution in [3.8, 4) is 0 Å². The SMILES string of the molecule is OCCCN1CCOCS1. The molecule has 0 amide bonds. The zero-order valence-electron chi connectivity index (χ0n) is 5.95. The molecule has 1 rings (SSSR count). The molecule has 1 fully saturated rings. The first-order valence-electron chi connectivity index (χ1n) is 3.50. The summed E-state index contributed by atoms with van der Waals surface area (Å²) in [6.45, 7) is 3.09. The molecule has 1 heterocycles. The Balaban J connectivity index is 2.02. The van der Waals surface area contributed by atoms with Gasteiger partial charge in [0.2, 0.25) is 0 Å². The van der Waals surface area contributed by atoms with Gasteiger partial charge in [-0.25, -0.2) is 4.31 Å². The van der Waals surface area contributed by atoms with Crippen LogP contribution in [0.15, 0.2) is 0 Å². The van der Waals surface area contributed by atoms with E-state index in [1.54, 1.807) is 11.9 Å². The lowest BCUT2D eigenvalue weighted by molar-refractivity contribution is 0.145. The van der Waals surface area contributed by atoms with Gasteiger partial charge in [-0.1, -0.05) is 11.9 Å². The molecular weight excluding hydrogens is 150 g/mol. The summed E-state index contributed by atoms with van der Waals surface area (Å²) < 4.78 is 7.37. The van der Waals surface area contributed by atoms with Gasteiger partial charge in [0, 0.05) is 19.7 Å². The lowest BCUT2D eigenvalue weighted by atomic mass is 10.4. The van der Waals surface area contributed by atoms with Crippen LogP contribution in [0.25, 0.3) is 0 Å². The zero-order valence-corrected chi connectivity index (χ0v) is 6.77. The Morgan fingerprint density at radius 3 is 3.10 bits per heavy atom. The number of ether oxygens (including phenoxy) is 1. The van der Waals surface area contributed by atoms with E-state index in [9.17, 15) is 0 Å². The molecule has 0 radical (unpaired) electrons. The Morgan fingerprint density at radius 2 is 2.50 bits per heavy atom. The van der Waals surface area contributed by atoms with Crippen LogP contribution in [0.3, 0.4) is 0 Å². The molecule has 60 valence electrons. The van der Waals surface area contributed by atoms with Crippen molar-refractivity contribution in [2.75, 3.05) is 32.2 Å². The van der Waals surface area contributed by atoms with E-state index in [1.807, 2.05) is 0 Å². The van der Waals surface area contributed by atoms with E-state index >= 15 is 0 Å². The van der Waals surface area contributed by atoms with Crippen molar-refractivity contribution in [1.82, 2.24) is 4.31 Å². The van der Waals surface area contributed by atoms with Gasteiger partial charge in [-0.3, -0.25) is 0 Å². The van der Waals surface area contributed by atoms with Gasteiger partial charge in [-0.2, -0.15) is 0 Å². The maximum Gasteiger partial charge on any atom is 0.107 e. The van der Waals surface area contributed by atoms with E-state index in [0.717, 1.165) is 32.1 Å². The third-order valence-corrected chi connectivity index (χ3v) is 2.37. The molecular formula is C6H13NO2S. The lowest BCUT2D eigenvalue weighted by Gasteiger charge is -2.24. The monoisotopic (exact) mass is 163 g/mol. The summed E-state index contributed by atoms with van der Waals surface area (Å²) >= 11 is 1.70. The fraction of sp³-hybridized carbons (Fsp3) is 1.00. The van der Waals surface area contributed by atoms with Crippen molar-refractivity contribution in [3.05, 3.63) is 0 Å². The highest BCUT2D eigenvalue weighted by Crippen LogP contribution is 2.14. The summed E-state index contributed by atoms with van der Waals surface area (Å²) in [5, 5.41) is 8.53. The molecule has 0 bridgehead atoms. The molecule has 0 aliphatic carbocycles. The quantitative estimate of drug-likeness (QED) is 0.607. The second kappa shape index (κ2) is 4.96. The molecule has 1 aliphatic heterocycles. The van der Waals surface area contributed by atoms with Gasteiger partial charge in [0.15, 0.2) is 0 Å². The highest BCUT2D eigenvalue weighted by atomic mass is 32.2. The standard InChI is InChI=1S/C6H13NO2S/c8-4-1-2-7-3-5-9-6-10-7/h8H,1-6H2. The van der Waals surface area contributed by atoms with E-state index < -0.39 is 0 Å². The lowest BCUT2D eigenvalue weighted by Crippen LogP contribution is -2.27. The Bertz CT molecular complexity index is 85.8. The van der Waals surface area contributed by atoms with Gasteiger partial charge in [-0.15, -0.1) is 0 Å². The zero-order chi connectivity index (χ0) is 7.23. The Hall–Kier alpha value is 0.230. The number of aliphatic hydroxyl groups is 1. The van der Waals surface area contributed by atoms with Crippen LogP contribution < -0.4 is 0 Å². The van der Waals surface area contributed by atoms with Crippen LogP contribution in [0.1, 0.15) is 6.42 Å². The van der Waals surface area contributed by atoms with Gasteiger partial charge in [-0.05, 0) is 6.42 Å². The minimum atomic E-state index is 0.290. The fourth-order valence-corrected chi connectivity index (χ4v) is 1.63. The average molecular weight is 163 g/mol. The van der Waals surface area contributed by atoms with Crippen LogP contribution in [-0.2, 0) is 4.74 Å². The maximum atomic E-state index is 8.53. The molecule has 0 spiro atoms. The summed E-state index contributed by atoms with van der Waals surface area (Å²) in [7, 11) is 0. The first-order chi connectivity index (χ1) is 4.93. The maximum absolute atomic E-state index is 8.53. The molecule has 10 heavy (non-hydrogen) atoms. The predicted octanol–water partition coefficient (Wildman–Crippen LogP) is 0.307. The van der Waals surface area contributed by atoms with Crippen LogP contribution in [0.2, 0.25) is 0 Å². The topological polar surface area (TPSA) is 32.7 Å². The third kappa shape index (κ3) is 2.88. The minimum absolute atomic E-state index is 0.290. The molecule has 0 aromatic heterocycles. The highest BCUT2D eigenvalue weighted by Gasteiger charge is 2.09. The molecule has 1 N–H and O–H groups in total. The smallest absolute Gasteiger partial charge is 0.107 e. The van der Waals surface area contributed by atoms with E-state index in [0.29, 0.717) is 0 Å². The number of aliphatic hydroxyl groups excluding tert-OH is 1. The van der Waals surface area contributed by atoms with E-state index in [-0.39, 0.29) is 6.61 Å². The van der Waals surface area contributed by atoms with Gasteiger partial charge < -0.3 is 9.84 Å². The van der Waals surface area contributed by atoms with Gasteiger partial charge >= 0.3 is 0 Å². The molecule has 0 unspecified atom stereocenters. The fourth-order valence-electron chi connectivity index (χ4n) is 0.825.